The maximum atomic E-state index is 12.3. The highest BCUT2D eigenvalue weighted by molar-refractivity contribution is 7.99. The monoisotopic (exact) mass is 518 g/mol. The van der Waals surface area contributed by atoms with E-state index < -0.39 is 11.9 Å². The number of carbonyl (C=O) groups is 2. The van der Waals surface area contributed by atoms with Crippen LogP contribution in [0.3, 0.4) is 0 Å². The summed E-state index contributed by atoms with van der Waals surface area (Å²) in [7, 11) is 0. The Morgan fingerprint density at radius 2 is 1.86 bits per heavy atom. The lowest BCUT2D eigenvalue weighted by Gasteiger charge is -2.09. The maximum Gasteiger partial charge on any atom is 0.337 e. The van der Waals surface area contributed by atoms with Crippen molar-refractivity contribution in [2.24, 2.45) is 0 Å². The summed E-state index contributed by atoms with van der Waals surface area (Å²) in [5.74, 6) is -0.266. The minimum Gasteiger partial charge on any atom is -0.492 e. The number of amides is 1. The molecule has 1 heterocycles. The summed E-state index contributed by atoms with van der Waals surface area (Å²) in [6.07, 6.45) is 2.99. The lowest BCUT2D eigenvalue weighted by molar-refractivity contribution is -0.704. The molecule has 0 bridgehead atoms. The first-order valence-electron chi connectivity index (χ1n) is 11.3. The predicted octanol–water partition coefficient (Wildman–Crippen LogP) is 5.02. The fourth-order valence-corrected chi connectivity index (χ4v) is 4.34. The summed E-state index contributed by atoms with van der Waals surface area (Å²) in [6.45, 7) is 2.30. The Bertz CT molecular complexity index is 1490. The molecule has 0 aliphatic rings. The molecule has 1 amide bonds. The third-order valence-electron chi connectivity index (χ3n) is 5.29. The van der Waals surface area contributed by atoms with Crippen LogP contribution < -0.4 is 14.7 Å². The van der Waals surface area contributed by atoms with Crippen molar-refractivity contribution >= 4 is 35.4 Å². The van der Waals surface area contributed by atoms with Crippen LogP contribution in [0.5, 0.6) is 5.75 Å². The molecule has 0 saturated heterocycles. The molecule has 4 rings (SSSR count). The predicted molar refractivity (Wildman–Crippen MR) is 140 cm³/mol. The standard InChI is InChI=1S/C27H23N3O6S/c1-18-17-19(12-14-24(31)28-22-10-6-5-9-21(22)27(32)33)11-13-23(18)35-15-16-37-26-25(30(34)36-29-26)20-7-3-2-4-8-20/h2-14,17H,15-16H2,1H3,(H2-,28,29,31,32,33,34)/p+1/b14-12+. The highest BCUT2D eigenvalue weighted by Crippen LogP contribution is 2.27. The second kappa shape index (κ2) is 11.9. The Morgan fingerprint density at radius 1 is 1.11 bits per heavy atom. The molecular formula is C27H24N3O6S+. The summed E-state index contributed by atoms with van der Waals surface area (Å²) in [6, 6.07) is 21.0. The molecule has 0 radical (unpaired) electrons. The normalized spacial score (nSPS) is 10.9. The third-order valence-corrected chi connectivity index (χ3v) is 6.23. The number of hydrogen-bond acceptors (Lipinski definition) is 6. The van der Waals surface area contributed by atoms with Crippen LogP contribution in [-0.4, -0.2) is 34.5 Å². The number of ether oxygens (including phenoxy) is 1. The number of aryl methyl sites for hydroxylation is 1. The highest BCUT2D eigenvalue weighted by Gasteiger charge is 2.22. The minimum absolute atomic E-state index is 0.0222. The summed E-state index contributed by atoms with van der Waals surface area (Å²) in [5, 5.41) is 15.1. The molecular weight excluding hydrogens is 494 g/mol. The van der Waals surface area contributed by atoms with Crippen molar-refractivity contribution in [3.8, 4) is 17.0 Å². The maximum absolute atomic E-state index is 12.3. The van der Waals surface area contributed by atoms with E-state index in [1.807, 2.05) is 55.5 Å². The van der Waals surface area contributed by atoms with Gasteiger partial charge in [-0.25, -0.2) is 4.79 Å². The summed E-state index contributed by atoms with van der Waals surface area (Å²) in [5.41, 5.74) is 3.12. The number of anilines is 1. The fourth-order valence-electron chi connectivity index (χ4n) is 3.55. The minimum atomic E-state index is -1.11. The Morgan fingerprint density at radius 3 is 2.62 bits per heavy atom. The van der Waals surface area contributed by atoms with E-state index in [1.54, 1.807) is 18.2 Å². The molecule has 3 aromatic carbocycles. The number of hydrogen-bond donors (Lipinski definition) is 3. The van der Waals surface area contributed by atoms with Gasteiger partial charge >= 0.3 is 5.97 Å². The van der Waals surface area contributed by atoms with E-state index in [9.17, 15) is 19.6 Å². The third kappa shape index (κ3) is 6.56. The van der Waals surface area contributed by atoms with Gasteiger partial charge in [0.05, 0.1) is 17.9 Å². The number of benzene rings is 3. The number of thioether (sulfide) groups is 1. The van der Waals surface area contributed by atoms with E-state index in [-0.39, 0.29) is 11.3 Å². The quantitative estimate of drug-likeness (QED) is 0.153. The van der Waals surface area contributed by atoms with Gasteiger partial charge in [0.2, 0.25) is 5.91 Å². The van der Waals surface area contributed by atoms with Crippen molar-refractivity contribution in [2.45, 2.75) is 11.9 Å². The number of aromatic nitrogens is 2. The largest absolute Gasteiger partial charge is 0.492 e. The Labute approximate surface area is 216 Å². The van der Waals surface area contributed by atoms with Crippen molar-refractivity contribution in [2.75, 3.05) is 17.7 Å². The molecule has 0 aliphatic heterocycles. The van der Waals surface area contributed by atoms with Gasteiger partial charge in [-0.1, -0.05) is 70.1 Å². The molecule has 3 N–H and O–H groups in total. The molecule has 4 aromatic rings. The lowest BCUT2D eigenvalue weighted by Crippen LogP contribution is -2.12. The van der Waals surface area contributed by atoms with E-state index >= 15 is 0 Å². The number of aromatic amines is 1. The van der Waals surface area contributed by atoms with Gasteiger partial charge in [-0.15, -0.1) is 0 Å². The van der Waals surface area contributed by atoms with E-state index in [4.69, 9.17) is 9.37 Å². The molecule has 1 aromatic heterocycles. The Balaban J connectivity index is 1.31. The molecule has 10 heteroatoms. The summed E-state index contributed by atoms with van der Waals surface area (Å²) < 4.78 is 11.3. The number of carboxylic acid groups (broad SMARTS) is 1. The molecule has 0 fully saturated rings. The van der Waals surface area contributed by atoms with Gasteiger partial charge < -0.3 is 15.2 Å². The van der Waals surface area contributed by atoms with Crippen molar-refractivity contribution in [3.05, 3.63) is 100 Å². The molecule has 9 nitrogen and oxygen atoms in total. The van der Waals surface area contributed by atoms with Crippen LogP contribution in [0, 0.1) is 11.8 Å². The van der Waals surface area contributed by atoms with Gasteiger partial charge in [-0.2, -0.15) is 0 Å². The number of aromatic carboxylic acids is 1. The van der Waals surface area contributed by atoms with E-state index in [1.165, 1.54) is 30.0 Å². The van der Waals surface area contributed by atoms with Gasteiger partial charge in [0.1, 0.15) is 5.75 Å². The van der Waals surface area contributed by atoms with Gasteiger partial charge in [0.25, 0.3) is 10.7 Å². The average Bonchev–Trinajstić information content (AvgIpc) is 3.27. The molecule has 188 valence electrons. The van der Waals surface area contributed by atoms with E-state index in [2.05, 4.69) is 10.5 Å². The zero-order chi connectivity index (χ0) is 26.2. The molecule has 0 saturated carbocycles. The van der Waals surface area contributed by atoms with E-state index in [0.717, 1.165) is 16.7 Å². The molecule has 0 atom stereocenters. The zero-order valence-corrected chi connectivity index (χ0v) is 20.7. The van der Waals surface area contributed by atoms with Crippen LogP contribution >= 0.6 is 11.8 Å². The number of nitrogens with one attached hydrogen (secondary N) is 2. The van der Waals surface area contributed by atoms with Crippen LogP contribution in [0.2, 0.25) is 0 Å². The Hall–Kier alpha value is -4.57. The van der Waals surface area contributed by atoms with Crippen LogP contribution in [-0.2, 0) is 4.79 Å². The van der Waals surface area contributed by atoms with Gasteiger partial charge in [0, 0.05) is 17.4 Å². The number of carbonyl (C=O) groups excluding carboxylic acids is 1. The Kier molecular flexibility index (Phi) is 8.22. The topological polar surface area (TPSA) is 128 Å². The number of para-hydroxylation sites is 1. The zero-order valence-electron chi connectivity index (χ0n) is 19.8. The first kappa shape index (κ1) is 25.5. The van der Waals surface area contributed by atoms with Crippen molar-refractivity contribution in [1.29, 1.82) is 0 Å². The molecule has 0 unspecified atom stereocenters. The van der Waals surface area contributed by atoms with Crippen LogP contribution in [0.25, 0.3) is 17.3 Å². The van der Waals surface area contributed by atoms with Gasteiger partial charge in [-0.3, -0.25) is 4.79 Å². The molecule has 0 aliphatic carbocycles. The fraction of sp³-hybridized carbons (Fsp3) is 0.111. The van der Waals surface area contributed by atoms with Gasteiger partial charge in [-0.05, 0) is 53.3 Å². The number of carboxylic acids is 1. The van der Waals surface area contributed by atoms with Crippen LogP contribution in [0.1, 0.15) is 21.5 Å². The van der Waals surface area contributed by atoms with E-state index in [0.29, 0.717) is 33.4 Å². The lowest BCUT2D eigenvalue weighted by atomic mass is 10.1. The average molecular weight is 519 g/mol. The second-order valence-electron chi connectivity index (χ2n) is 7.89. The van der Waals surface area contributed by atoms with Gasteiger partial charge in [0.15, 0.2) is 4.60 Å². The van der Waals surface area contributed by atoms with Crippen molar-refractivity contribution in [1.82, 2.24) is 5.16 Å². The van der Waals surface area contributed by atoms with Crippen molar-refractivity contribution < 1.29 is 28.7 Å². The highest BCUT2D eigenvalue weighted by atomic mass is 32.2. The molecule has 0 spiro atoms. The first-order valence-corrected chi connectivity index (χ1v) is 12.3. The van der Waals surface area contributed by atoms with Crippen LogP contribution in [0.15, 0.2) is 88.5 Å². The number of H-pyrrole nitrogens is 1. The second-order valence-corrected chi connectivity index (χ2v) is 8.99. The number of rotatable bonds is 10. The first-order chi connectivity index (χ1) is 17.9. The SMILES string of the molecule is Cc1cc(/C=C/C(=O)Nc2ccccc2C(=O)O)ccc1OCCSc1[nH]o[n+](=O)c1-c1ccccc1. The number of nitrogens with zero attached hydrogens (tertiary/aromatic N) is 1. The smallest absolute Gasteiger partial charge is 0.337 e. The summed E-state index contributed by atoms with van der Waals surface area (Å²) in [4.78, 5) is 35.6. The summed E-state index contributed by atoms with van der Waals surface area (Å²) >= 11 is 1.42. The van der Waals surface area contributed by atoms with Crippen LogP contribution in [0.4, 0.5) is 5.69 Å². The molecule has 37 heavy (non-hydrogen) atoms. The van der Waals surface area contributed by atoms with Crippen molar-refractivity contribution in [3.63, 3.8) is 0 Å².